The van der Waals surface area contributed by atoms with Gasteiger partial charge in [0.05, 0.1) is 0 Å². The van der Waals surface area contributed by atoms with Crippen molar-refractivity contribution >= 4 is 15.9 Å². The fourth-order valence-electron chi connectivity index (χ4n) is 2.86. The molecule has 1 aromatic carbocycles. The lowest BCUT2D eigenvalue weighted by atomic mass is 10.1. The van der Waals surface area contributed by atoms with Gasteiger partial charge in [0.1, 0.15) is 11.9 Å². The molecule has 98 valence electrons. The first kappa shape index (κ1) is 12.5. The van der Waals surface area contributed by atoms with Crippen molar-refractivity contribution in [3.63, 3.8) is 0 Å². The second kappa shape index (κ2) is 5.19. The SMILES string of the molecule is CC1CN(CC2Cc3cc(Br)ccc3O2)CCN1. The Hall–Kier alpha value is -0.580. The lowest BCUT2D eigenvalue weighted by molar-refractivity contribution is 0.126. The van der Waals surface area contributed by atoms with Crippen LogP contribution in [-0.4, -0.2) is 43.2 Å². The first-order chi connectivity index (χ1) is 8.70. The topological polar surface area (TPSA) is 24.5 Å². The second-order valence-electron chi connectivity index (χ2n) is 5.31. The predicted molar refractivity (Wildman–Crippen MR) is 76.2 cm³/mol. The van der Waals surface area contributed by atoms with Gasteiger partial charge in [0, 0.05) is 43.1 Å². The third kappa shape index (κ3) is 2.71. The van der Waals surface area contributed by atoms with E-state index in [1.165, 1.54) is 5.56 Å². The molecule has 1 aromatic rings. The highest BCUT2D eigenvalue weighted by atomic mass is 79.9. The van der Waals surface area contributed by atoms with Gasteiger partial charge < -0.3 is 10.1 Å². The third-order valence-corrected chi connectivity index (χ3v) is 4.17. The van der Waals surface area contributed by atoms with Crippen molar-refractivity contribution in [3.05, 3.63) is 28.2 Å². The average molecular weight is 311 g/mol. The molecule has 3 rings (SSSR count). The highest BCUT2D eigenvalue weighted by molar-refractivity contribution is 9.10. The molecule has 2 atom stereocenters. The number of halogens is 1. The van der Waals surface area contributed by atoms with Crippen LogP contribution in [0.25, 0.3) is 0 Å². The van der Waals surface area contributed by atoms with Crippen LogP contribution in [0.1, 0.15) is 12.5 Å². The van der Waals surface area contributed by atoms with Crippen LogP contribution in [-0.2, 0) is 6.42 Å². The number of hydrogen-bond acceptors (Lipinski definition) is 3. The highest BCUT2D eigenvalue weighted by Gasteiger charge is 2.26. The molecule has 0 bridgehead atoms. The summed E-state index contributed by atoms with van der Waals surface area (Å²) in [5.74, 6) is 1.06. The molecule has 0 aliphatic carbocycles. The van der Waals surface area contributed by atoms with Crippen LogP contribution < -0.4 is 10.1 Å². The summed E-state index contributed by atoms with van der Waals surface area (Å²) in [4.78, 5) is 2.51. The molecule has 1 N–H and O–H groups in total. The van der Waals surface area contributed by atoms with Crippen molar-refractivity contribution < 1.29 is 4.74 Å². The minimum absolute atomic E-state index is 0.319. The van der Waals surface area contributed by atoms with E-state index in [0.29, 0.717) is 12.1 Å². The number of ether oxygens (including phenoxy) is 1. The normalized spacial score (nSPS) is 27.9. The quantitative estimate of drug-likeness (QED) is 0.905. The molecule has 0 amide bonds. The van der Waals surface area contributed by atoms with Crippen molar-refractivity contribution in [1.29, 1.82) is 0 Å². The number of piperazine rings is 1. The molecule has 2 aliphatic rings. The molecule has 1 saturated heterocycles. The van der Waals surface area contributed by atoms with Gasteiger partial charge in [0.2, 0.25) is 0 Å². The van der Waals surface area contributed by atoms with Crippen LogP contribution in [0.4, 0.5) is 0 Å². The zero-order valence-electron chi connectivity index (χ0n) is 10.7. The van der Waals surface area contributed by atoms with Crippen LogP contribution in [0.3, 0.4) is 0 Å². The molecule has 0 aromatic heterocycles. The van der Waals surface area contributed by atoms with E-state index in [1.807, 2.05) is 6.07 Å². The van der Waals surface area contributed by atoms with Gasteiger partial charge in [-0.3, -0.25) is 4.90 Å². The Balaban J connectivity index is 1.60. The largest absolute Gasteiger partial charge is 0.488 e. The number of hydrogen-bond donors (Lipinski definition) is 1. The maximum atomic E-state index is 6.02. The molecule has 0 saturated carbocycles. The van der Waals surface area contributed by atoms with Gasteiger partial charge in [-0.2, -0.15) is 0 Å². The van der Waals surface area contributed by atoms with Crippen LogP contribution in [0, 0.1) is 0 Å². The molecule has 2 heterocycles. The Bertz CT molecular complexity index is 438. The van der Waals surface area contributed by atoms with Crippen molar-refractivity contribution in [1.82, 2.24) is 10.2 Å². The predicted octanol–water partition coefficient (Wildman–Crippen LogP) is 2.05. The molecule has 3 nitrogen and oxygen atoms in total. The number of fused-ring (bicyclic) bond motifs is 1. The van der Waals surface area contributed by atoms with E-state index in [0.717, 1.165) is 42.8 Å². The van der Waals surface area contributed by atoms with E-state index in [9.17, 15) is 0 Å². The van der Waals surface area contributed by atoms with Crippen LogP contribution in [0.15, 0.2) is 22.7 Å². The Labute approximate surface area is 117 Å². The molecule has 0 spiro atoms. The van der Waals surface area contributed by atoms with Gasteiger partial charge in [-0.15, -0.1) is 0 Å². The van der Waals surface area contributed by atoms with Gasteiger partial charge in [-0.05, 0) is 30.7 Å². The van der Waals surface area contributed by atoms with Crippen molar-refractivity contribution in [2.75, 3.05) is 26.2 Å². The fourth-order valence-corrected chi connectivity index (χ4v) is 3.27. The lowest BCUT2D eigenvalue weighted by Gasteiger charge is -2.33. The van der Waals surface area contributed by atoms with Gasteiger partial charge in [0.15, 0.2) is 0 Å². The zero-order valence-corrected chi connectivity index (χ0v) is 12.2. The molecule has 18 heavy (non-hydrogen) atoms. The zero-order chi connectivity index (χ0) is 12.5. The minimum atomic E-state index is 0.319. The van der Waals surface area contributed by atoms with Crippen molar-refractivity contribution in [2.45, 2.75) is 25.5 Å². The van der Waals surface area contributed by atoms with E-state index < -0.39 is 0 Å². The summed E-state index contributed by atoms with van der Waals surface area (Å²) in [6.45, 7) is 6.63. The molecular formula is C14H19BrN2O. The second-order valence-corrected chi connectivity index (χ2v) is 6.23. The Morgan fingerprint density at radius 3 is 3.22 bits per heavy atom. The summed E-state index contributed by atoms with van der Waals surface area (Å²) in [7, 11) is 0. The molecule has 0 radical (unpaired) electrons. The van der Waals surface area contributed by atoms with Crippen molar-refractivity contribution in [3.8, 4) is 5.75 Å². The molecule has 4 heteroatoms. The number of benzene rings is 1. The maximum Gasteiger partial charge on any atom is 0.123 e. The van der Waals surface area contributed by atoms with Gasteiger partial charge in [-0.1, -0.05) is 15.9 Å². The number of nitrogens with one attached hydrogen (secondary N) is 1. The van der Waals surface area contributed by atoms with E-state index in [1.54, 1.807) is 0 Å². The van der Waals surface area contributed by atoms with Crippen LogP contribution in [0.5, 0.6) is 5.75 Å². The van der Waals surface area contributed by atoms with Gasteiger partial charge in [0.25, 0.3) is 0 Å². The van der Waals surface area contributed by atoms with Crippen molar-refractivity contribution in [2.24, 2.45) is 0 Å². The lowest BCUT2D eigenvalue weighted by Crippen LogP contribution is -2.51. The van der Waals surface area contributed by atoms with E-state index in [-0.39, 0.29) is 0 Å². The van der Waals surface area contributed by atoms with Gasteiger partial charge >= 0.3 is 0 Å². The summed E-state index contributed by atoms with van der Waals surface area (Å²) >= 11 is 3.52. The maximum absolute atomic E-state index is 6.02. The monoisotopic (exact) mass is 310 g/mol. The third-order valence-electron chi connectivity index (χ3n) is 3.68. The molecule has 2 unspecified atom stereocenters. The van der Waals surface area contributed by atoms with Gasteiger partial charge in [-0.25, -0.2) is 0 Å². The standard InChI is InChI=1S/C14H19BrN2O/c1-10-8-17(5-4-16-10)9-13-7-11-6-12(15)2-3-14(11)18-13/h2-3,6,10,13,16H,4-5,7-9H2,1H3. The summed E-state index contributed by atoms with van der Waals surface area (Å²) < 4.78 is 7.16. The summed E-state index contributed by atoms with van der Waals surface area (Å²) in [6, 6.07) is 6.89. The van der Waals surface area contributed by atoms with E-state index >= 15 is 0 Å². The Kier molecular flexibility index (Phi) is 3.59. The van der Waals surface area contributed by atoms with Crippen LogP contribution in [0.2, 0.25) is 0 Å². The van der Waals surface area contributed by atoms with E-state index in [2.05, 4.69) is 45.2 Å². The Morgan fingerprint density at radius 1 is 1.50 bits per heavy atom. The molecule has 1 fully saturated rings. The average Bonchev–Trinajstić information content (AvgIpc) is 2.70. The molecule has 2 aliphatic heterocycles. The fraction of sp³-hybridized carbons (Fsp3) is 0.571. The summed E-state index contributed by atoms with van der Waals surface area (Å²) in [5.41, 5.74) is 1.33. The van der Waals surface area contributed by atoms with E-state index in [4.69, 9.17) is 4.74 Å². The summed E-state index contributed by atoms with van der Waals surface area (Å²) in [5, 5.41) is 3.47. The highest BCUT2D eigenvalue weighted by Crippen LogP contribution is 2.31. The Morgan fingerprint density at radius 2 is 2.39 bits per heavy atom. The smallest absolute Gasteiger partial charge is 0.123 e. The first-order valence-electron chi connectivity index (χ1n) is 6.61. The minimum Gasteiger partial charge on any atom is -0.488 e. The first-order valence-corrected chi connectivity index (χ1v) is 7.41. The number of rotatable bonds is 2. The van der Waals surface area contributed by atoms with Crippen LogP contribution >= 0.6 is 15.9 Å². The summed E-state index contributed by atoms with van der Waals surface area (Å²) in [6.07, 6.45) is 1.35. The molecular weight excluding hydrogens is 292 g/mol. The number of nitrogens with zero attached hydrogens (tertiary/aromatic N) is 1.